The van der Waals surface area contributed by atoms with Crippen LogP contribution < -0.4 is 9.47 Å². The molecule has 0 atom stereocenters. The highest BCUT2D eigenvalue weighted by Gasteiger charge is 2.20. The lowest BCUT2D eigenvalue weighted by Gasteiger charge is -2.14. The number of aryl methyl sites for hydroxylation is 1. The van der Waals surface area contributed by atoms with E-state index in [-0.39, 0.29) is 5.78 Å². The zero-order valence-electron chi connectivity index (χ0n) is 12.5. The minimum absolute atomic E-state index is 0.172. The zero-order chi connectivity index (χ0) is 15.6. The molecular formula is C17H17ClO3. The van der Waals surface area contributed by atoms with E-state index in [0.717, 1.165) is 11.1 Å². The van der Waals surface area contributed by atoms with Gasteiger partial charge in [0.25, 0.3) is 0 Å². The van der Waals surface area contributed by atoms with Crippen LogP contribution in [0.5, 0.6) is 11.5 Å². The van der Waals surface area contributed by atoms with E-state index in [0.29, 0.717) is 27.6 Å². The van der Waals surface area contributed by atoms with Gasteiger partial charge in [-0.15, -0.1) is 0 Å². The van der Waals surface area contributed by atoms with E-state index in [1.54, 1.807) is 31.4 Å². The standard InChI is InChI=1S/C17H17ClO3/c1-10-5-7-13(17(21-4)11(10)2)16(19)14-9-12(18)6-8-15(14)20-3/h5-9H,1-4H3. The molecule has 3 nitrogen and oxygen atoms in total. The van der Waals surface area contributed by atoms with Crippen LogP contribution in [-0.2, 0) is 0 Å². The number of hydrogen-bond donors (Lipinski definition) is 0. The van der Waals surface area contributed by atoms with Crippen LogP contribution in [0.1, 0.15) is 27.0 Å². The van der Waals surface area contributed by atoms with Crippen LogP contribution in [0.25, 0.3) is 0 Å². The lowest BCUT2D eigenvalue weighted by Crippen LogP contribution is -2.07. The zero-order valence-corrected chi connectivity index (χ0v) is 13.2. The number of carbonyl (C=O) groups is 1. The summed E-state index contributed by atoms with van der Waals surface area (Å²) in [5.41, 5.74) is 2.94. The van der Waals surface area contributed by atoms with Gasteiger partial charge in [-0.25, -0.2) is 0 Å². The van der Waals surface area contributed by atoms with E-state index in [2.05, 4.69) is 0 Å². The van der Waals surface area contributed by atoms with E-state index in [1.807, 2.05) is 19.9 Å². The Labute approximate surface area is 129 Å². The molecule has 0 N–H and O–H groups in total. The van der Waals surface area contributed by atoms with Crippen molar-refractivity contribution < 1.29 is 14.3 Å². The lowest BCUT2D eigenvalue weighted by atomic mass is 9.97. The second-order valence-corrected chi connectivity index (χ2v) is 5.20. The van der Waals surface area contributed by atoms with Crippen molar-refractivity contribution in [1.29, 1.82) is 0 Å². The van der Waals surface area contributed by atoms with Crippen molar-refractivity contribution in [3.05, 3.63) is 57.6 Å². The maximum atomic E-state index is 12.8. The first-order chi connectivity index (χ1) is 9.99. The molecule has 0 aliphatic carbocycles. The summed E-state index contributed by atoms with van der Waals surface area (Å²) < 4.78 is 10.7. The van der Waals surface area contributed by atoms with Crippen molar-refractivity contribution in [2.45, 2.75) is 13.8 Å². The highest BCUT2D eigenvalue weighted by Crippen LogP contribution is 2.31. The van der Waals surface area contributed by atoms with Crippen molar-refractivity contribution in [1.82, 2.24) is 0 Å². The van der Waals surface area contributed by atoms with Gasteiger partial charge in [-0.05, 0) is 49.2 Å². The van der Waals surface area contributed by atoms with Gasteiger partial charge in [-0.3, -0.25) is 4.79 Å². The van der Waals surface area contributed by atoms with E-state index in [9.17, 15) is 4.79 Å². The van der Waals surface area contributed by atoms with Crippen molar-refractivity contribution in [2.24, 2.45) is 0 Å². The number of benzene rings is 2. The molecule has 0 spiro atoms. The molecule has 0 bridgehead atoms. The average molecular weight is 305 g/mol. The molecule has 0 amide bonds. The Kier molecular flexibility index (Phi) is 4.53. The molecule has 0 saturated heterocycles. The summed E-state index contributed by atoms with van der Waals surface area (Å²) in [6.07, 6.45) is 0. The number of halogens is 1. The Bertz CT molecular complexity index is 693. The summed E-state index contributed by atoms with van der Waals surface area (Å²) >= 11 is 6.00. The molecule has 2 rings (SSSR count). The van der Waals surface area contributed by atoms with Gasteiger partial charge in [-0.2, -0.15) is 0 Å². The van der Waals surface area contributed by atoms with Gasteiger partial charge in [0.05, 0.1) is 25.3 Å². The van der Waals surface area contributed by atoms with Crippen molar-refractivity contribution in [3.8, 4) is 11.5 Å². The number of methoxy groups -OCH3 is 2. The molecule has 2 aromatic carbocycles. The van der Waals surface area contributed by atoms with E-state index in [1.165, 1.54) is 7.11 Å². The molecule has 0 aromatic heterocycles. The number of hydrogen-bond acceptors (Lipinski definition) is 3. The molecule has 2 aromatic rings. The first-order valence-corrected chi connectivity index (χ1v) is 6.89. The Morgan fingerprint density at radius 3 is 2.33 bits per heavy atom. The summed E-state index contributed by atoms with van der Waals surface area (Å²) in [5.74, 6) is 0.904. The summed E-state index contributed by atoms with van der Waals surface area (Å²) in [5, 5.41) is 0.488. The molecule has 21 heavy (non-hydrogen) atoms. The van der Waals surface area contributed by atoms with Crippen LogP contribution in [0.4, 0.5) is 0 Å². The second-order valence-electron chi connectivity index (χ2n) is 4.76. The molecule has 110 valence electrons. The van der Waals surface area contributed by atoms with Gasteiger partial charge in [-0.1, -0.05) is 17.7 Å². The monoisotopic (exact) mass is 304 g/mol. The SMILES string of the molecule is COc1ccc(Cl)cc1C(=O)c1ccc(C)c(C)c1OC. The Hall–Kier alpha value is -2.00. The van der Waals surface area contributed by atoms with E-state index < -0.39 is 0 Å². The molecule has 0 aliphatic rings. The van der Waals surface area contributed by atoms with Crippen LogP contribution in [0.2, 0.25) is 5.02 Å². The van der Waals surface area contributed by atoms with Gasteiger partial charge in [0.2, 0.25) is 5.78 Å². The van der Waals surface area contributed by atoms with E-state index >= 15 is 0 Å². The molecule has 0 heterocycles. The highest BCUT2D eigenvalue weighted by atomic mass is 35.5. The fraction of sp³-hybridized carbons (Fsp3) is 0.235. The van der Waals surface area contributed by atoms with Crippen LogP contribution in [0.3, 0.4) is 0 Å². The summed E-state index contributed by atoms with van der Waals surface area (Å²) in [4.78, 5) is 12.8. The second kappa shape index (κ2) is 6.19. The van der Waals surface area contributed by atoms with Crippen LogP contribution in [-0.4, -0.2) is 20.0 Å². The topological polar surface area (TPSA) is 35.5 Å². The Balaban J connectivity index is 2.60. The van der Waals surface area contributed by atoms with Gasteiger partial charge in [0.1, 0.15) is 11.5 Å². The molecule has 4 heteroatoms. The average Bonchev–Trinajstić information content (AvgIpc) is 2.49. The fourth-order valence-electron chi connectivity index (χ4n) is 2.23. The predicted molar refractivity (Wildman–Crippen MR) is 83.9 cm³/mol. The van der Waals surface area contributed by atoms with Crippen LogP contribution in [0.15, 0.2) is 30.3 Å². The summed E-state index contributed by atoms with van der Waals surface area (Å²) in [7, 11) is 3.09. The maximum Gasteiger partial charge on any atom is 0.200 e. The van der Waals surface area contributed by atoms with Crippen molar-refractivity contribution in [3.63, 3.8) is 0 Å². The highest BCUT2D eigenvalue weighted by molar-refractivity contribution is 6.31. The Morgan fingerprint density at radius 2 is 1.71 bits per heavy atom. The Morgan fingerprint density at radius 1 is 1.00 bits per heavy atom. The molecular weight excluding hydrogens is 288 g/mol. The van der Waals surface area contributed by atoms with Crippen molar-refractivity contribution in [2.75, 3.05) is 14.2 Å². The van der Waals surface area contributed by atoms with Crippen LogP contribution in [0, 0.1) is 13.8 Å². The number of carbonyl (C=O) groups excluding carboxylic acids is 1. The van der Waals surface area contributed by atoms with Crippen molar-refractivity contribution >= 4 is 17.4 Å². The third-order valence-corrected chi connectivity index (χ3v) is 3.77. The minimum Gasteiger partial charge on any atom is -0.496 e. The van der Waals surface area contributed by atoms with Gasteiger partial charge in [0, 0.05) is 5.02 Å². The summed E-state index contributed by atoms with van der Waals surface area (Å²) in [6.45, 7) is 3.91. The smallest absolute Gasteiger partial charge is 0.200 e. The summed E-state index contributed by atoms with van der Waals surface area (Å²) in [6, 6.07) is 8.65. The normalized spacial score (nSPS) is 10.3. The minimum atomic E-state index is -0.172. The largest absolute Gasteiger partial charge is 0.496 e. The third kappa shape index (κ3) is 2.88. The third-order valence-electron chi connectivity index (χ3n) is 3.53. The number of ether oxygens (including phenoxy) is 2. The quantitative estimate of drug-likeness (QED) is 0.794. The van der Waals surface area contributed by atoms with E-state index in [4.69, 9.17) is 21.1 Å². The van der Waals surface area contributed by atoms with Gasteiger partial charge in [0.15, 0.2) is 0 Å². The molecule has 0 saturated carbocycles. The number of rotatable bonds is 4. The number of ketones is 1. The predicted octanol–water partition coefficient (Wildman–Crippen LogP) is 4.21. The first kappa shape index (κ1) is 15.4. The fourth-order valence-corrected chi connectivity index (χ4v) is 2.41. The molecule has 0 radical (unpaired) electrons. The molecule has 0 aliphatic heterocycles. The maximum absolute atomic E-state index is 12.8. The lowest BCUT2D eigenvalue weighted by molar-refractivity contribution is 0.103. The molecule has 0 fully saturated rings. The van der Waals surface area contributed by atoms with Gasteiger partial charge >= 0.3 is 0 Å². The van der Waals surface area contributed by atoms with Gasteiger partial charge < -0.3 is 9.47 Å². The molecule has 0 unspecified atom stereocenters. The first-order valence-electron chi connectivity index (χ1n) is 6.52. The van der Waals surface area contributed by atoms with Crippen LogP contribution >= 0.6 is 11.6 Å².